The van der Waals surface area contributed by atoms with E-state index in [9.17, 15) is 0 Å². The van der Waals surface area contributed by atoms with E-state index in [0.29, 0.717) is 0 Å². The molecule has 8 heavy (non-hydrogen) atoms. The number of phosphoric acid groups is 1. The minimum Gasteiger partial charge on any atom is 0 e. The summed E-state index contributed by atoms with van der Waals surface area (Å²) in [6, 6.07) is 0. The predicted molar refractivity (Wildman–Crippen MR) is 32.7 cm³/mol. The van der Waals surface area contributed by atoms with Gasteiger partial charge in [-0.3, -0.25) is 0 Å². The van der Waals surface area contributed by atoms with E-state index in [1.54, 1.807) is 0 Å². The van der Waals surface area contributed by atoms with Crippen LogP contribution in [0.15, 0.2) is 0 Å². The molecule has 0 aliphatic carbocycles. The van der Waals surface area contributed by atoms with Crippen molar-refractivity contribution in [3.8, 4) is 0 Å². The SMILES string of the molecule is O=P(O)(O)O.[AlH3].[CaH2].[Zn]. The molecule has 0 saturated carbocycles. The molecular weight excluding hydrogens is 227 g/mol. The third-order valence-electron chi connectivity index (χ3n) is 0. The fourth-order valence-corrected chi connectivity index (χ4v) is 0. The molecule has 0 aromatic carbocycles. The van der Waals surface area contributed by atoms with E-state index in [4.69, 9.17) is 19.2 Å². The van der Waals surface area contributed by atoms with Crippen molar-refractivity contribution < 1.29 is 38.7 Å². The summed E-state index contributed by atoms with van der Waals surface area (Å²) >= 11 is 0. The van der Waals surface area contributed by atoms with Gasteiger partial charge in [-0.05, 0) is 0 Å². The van der Waals surface area contributed by atoms with Gasteiger partial charge in [0.1, 0.15) is 0 Å². The maximum absolute atomic E-state index is 8.88. The monoisotopic (exact) mass is 234 g/mol. The Hall–Kier alpha value is 2.53. The van der Waals surface area contributed by atoms with Gasteiger partial charge in [0.15, 0.2) is 17.4 Å². The zero-order valence-electron chi connectivity index (χ0n) is 2.90. The second-order valence-corrected chi connectivity index (χ2v) is 1.54. The molecule has 0 atom stereocenters. The van der Waals surface area contributed by atoms with Gasteiger partial charge in [-0.25, -0.2) is 4.57 Å². The average molecular weight is 235 g/mol. The molecule has 0 spiro atoms. The van der Waals surface area contributed by atoms with Crippen molar-refractivity contribution in [2.24, 2.45) is 0 Å². The molecule has 8 heteroatoms. The van der Waals surface area contributed by atoms with E-state index in [1.807, 2.05) is 0 Å². The standard InChI is InChI=1S/Al.Ca.H3O4P.Zn.5H/c;;1-5(2,3)4;;;;;;/h;;(H3,1,2,3,4);;;;;;. The van der Waals surface area contributed by atoms with Gasteiger partial charge >= 0.3 is 45.6 Å². The molecule has 0 bridgehead atoms. The van der Waals surface area contributed by atoms with E-state index < -0.39 is 7.82 Å². The molecule has 0 amide bonds. The second-order valence-electron chi connectivity index (χ2n) is 0.513. The fourth-order valence-electron chi connectivity index (χ4n) is 0. The Bertz CT molecular complexity index is 62.2. The van der Waals surface area contributed by atoms with Gasteiger partial charge in [0.2, 0.25) is 0 Å². The van der Waals surface area contributed by atoms with Crippen LogP contribution in [0.5, 0.6) is 0 Å². The van der Waals surface area contributed by atoms with Crippen LogP contribution in [0.3, 0.4) is 0 Å². The molecule has 0 unspecified atom stereocenters. The summed E-state index contributed by atoms with van der Waals surface area (Å²) in [4.78, 5) is 21.6. The van der Waals surface area contributed by atoms with Crippen molar-refractivity contribution >= 4 is 62.9 Å². The van der Waals surface area contributed by atoms with Crippen molar-refractivity contribution in [3.63, 3.8) is 0 Å². The summed E-state index contributed by atoms with van der Waals surface area (Å²) in [6.45, 7) is 0. The summed E-state index contributed by atoms with van der Waals surface area (Å²) in [5.74, 6) is 0. The summed E-state index contributed by atoms with van der Waals surface area (Å²) in [5.41, 5.74) is 0. The molecule has 0 aromatic rings. The first kappa shape index (κ1) is 22.4. The third-order valence-corrected chi connectivity index (χ3v) is 0. The summed E-state index contributed by atoms with van der Waals surface area (Å²) in [6.07, 6.45) is 0. The normalized spacial score (nSPS) is 7.38. The Kier molecular flexibility index (Phi) is 26.7. The molecule has 0 heterocycles. The maximum Gasteiger partial charge on any atom is 0 e. The molecule has 0 aliphatic rings. The van der Waals surface area contributed by atoms with E-state index in [1.165, 1.54) is 0 Å². The largest absolute Gasteiger partial charge is 0 e. The van der Waals surface area contributed by atoms with Crippen LogP contribution in [-0.4, -0.2) is 69.8 Å². The molecule has 0 radical (unpaired) electrons. The van der Waals surface area contributed by atoms with Gasteiger partial charge in [-0.2, -0.15) is 0 Å². The smallest absolute Gasteiger partial charge is 0 e. The summed E-state index contributed by atoms with van der Waals surface area (Å²) in [5, 5.41) is 0. The molecule has 0 saturated heterocycles. The first-order chi connectivity index (χ1) is 2.00. The Morgan fingerprint density at radius 3 is 1.12 bits per heavy atom. The molecule has 0 aliphatic heterocycles. The van der Waals surface area contributed by atoms with Gasteiger partial charge in [0, 0.05) is 19.5 Å². The van der Waals surface area contributed by atoms with Crippen LogP contribution in [0.2, 0.25) is 0 Å². The zero-order valence-corrected chi connectivity index (χ0v) is 6.77. The molecule has 4 nitrogen and oxygen atoms in total. The van der Waals surface area contributed by atoms with E-state index in [-0.39, 0.29) is 74.6 Å². The van der Waals surface area contributed by atoms with Gasteiger partial charge in [0.25, 0.3) is 0 Å². The molecule has 0 fully saturated rings. The minimum atomic E-state index is -4.64. The predicted octanol–water partition coefficient (Wildman–Crippen LogP) is -3.03. The van der Waals surface area contributed by atoms with E-state index in [2.05, 4.69) is 0 Å². The fraction of sp³-hybridized carbons (Fsp3) is 0. The second kappa shape index (κ2) is 9.53. The van der Waals surface area contributed by atoms with Gasteiger partial charge in [-0.1, -0.05) is 0 Å². The third kappa shape index (κ3) is 75.7. The Morgan fingerprint density at radius 2 is 1.12 bits per heavy atom. The first-order valence-corrected chi connectivity index (χ1v) is 2.35. The van der Waals surface area contributed by atoms with Gasteiger partial charge in [0.05, 0.1) is 0 Å². The molecule has 0 rings (SSSR count). The van der Waals surface area contributed by atoms with Gasteiger partial charge in [-0.15, -0.1) is 0 Å². The average Bonchev–Trinajstić information content (AvgIpc) is 0.722. The minimum absolute atomic E-state index is 0. The topological polar surface area (TPSA) is 77.8 Å². The van der Waals surface area contributed by atoms with Crippen molar-refractivity contribution in [2.75, 3.05) is 0 Å². The summed E-state index contributed by atoms with van der Waals surface area (Å²) in [7, 11) is -4.64. The van der Waals surface area contributed by atoms with Crippen LogP contribution < -0.4 is 0 Å². The van der Waals surface area contributed by atoms with Crippen LogP contribution >= 0.6 is 7.82 Å². The van der Waals surface area contributed by atoms with Crippen LogP contribution in [-0.2, 0) is 24.0 Å². The first-order valence-electron chi connectivity index (χ1n) is 0.783. The van der Waals surface area contributed by atoms with Gasteiger partial charge < -0.3 is 14.7 Å². The molecular formula is H8AlCaO4PZn. The number of hydrogen-bond acceptors (Lipinski definition) is 1. The maximum atomic E-state index is 8.88. The number of hydrogen-bond donors (Lipinski definition) is 3. The molecule has 0 aromatic heterocycles. The van der Waals surface area contributed by atoms with Crippen LogP contribution in [0.1, 0.15) is 0 Å². The van der Waals surface area contributed by atoms with Crippen LogP contribution in [0.25, 0.3) is 0 Å². The Morgan fingerprint density at radius 1 is 1.12 bits per heavy atom. The Balaban J connectivity index is -0.0000000267. The summed E-state index contributed by atoms with van der Waals surface area (Å²) < 4.78 is 8.88. The molecule has 44 valence electrons. The van der Waals surface area contributed by atoms with E-state index in [0.717, 1.165) is 0 Å². The van der Waals surface area contributed by atoms with E-state index >= 15 is 0 Å². The van der Waals surface area contributed by atoms with Crippen molar-refractivity contribution in [1.29, 1.82) is 0 Å². The number of rotatable bonds is 0. The van der Waals surface area contributed by atoms with Crippen molar-refractivity contribution in [2.45, 2.75) is 0 Å². The van der Waals surface area contributed by atoms with Crippen LogP contribution in [0, 0.1) is 0 Å². The quantitative estimate of drug-likeness (QED) is 0.308. The molecule has 3 N–H and O–H groups in total. The van der Waals surface area contributed by atoms with Crippen molar-refractivity contribution in [1.82, 2.24) is 0 Å². The van der Waals surface area contributed by atoms with Crippen LogP contribution in [0.4, 0.5) is 0 Å². The zero-order chi connectivity index (χ0) is 4.50. The van der Waals surface area contributed by atoms with Crippen molar-refractivity contribution in [3.05, 3.63) is 0 Å². The Labute approximate surface area is 100 Å².